The van der Waals surface area contributed by atoms with Gasteiger partial charge in [-0.15, -0.1) is 0 Å². The van der Waals surface area contributed by atoms with Crippen molar-refractivity contribution in [2.75, 3.05) is 26.3 Å². The topological polar surface area (TPSA) is 139 Å². The maximum Gasteiger partial charge on any atom is 0.490 e. The van der Waals surface area contributed by atoms with E-state index in [0.717, 1.165) is 25.9 Å². The molecule has 2 unspecified atom stereocenters. The first-order valence-electron chi connectivity index (χ1n) is 11.6. The van der Waals surface area contributed by atoms with E-state index in [1.165, 1.54) is 0 Å². The van der Waals surface area contributed by atoms with Gasteiger partial charge in [0.25, 0.3) is 5.91 Å². The standard InChI is InChI=1S/C20H23N3O3.2C2HF3O2/c24-19(16-5-10-21-11-6-16)23-12-7-17-20(14-23,8-3-13-25-17)15-26-18-4-1-2-9-22-18;2*3-2(4,5)1(6)7/h1-2,4-6,9-11,17H,3,7-8,12-15H2;2*(H,6,7). The van der Waals surface area contributed by atoms with Crippen LogP contribution in [0, 0.1) is 5.41 Å². The monoisotopic (exact) mass is 581 g/mol. The van der Waals surface area contributed by atoms with E-state index in [2.05, 4.69) is 9.97 Å². The lowest BCUT2D eigenvalue weighted by molar-refractivity contribution is -0.193. The molecule has 0 saturated carbocycles. The van der Waals surface area contributed by atoms with Crippen LogP contribution in [0.5, 0.6) is 5.88 Å². The summed E-state index contributed by atoms with van der Waals surface area (Å²) >= 11 is 0. The van der Waals surface area contributed by atoms with Gasteiger partial charge in [0, 0.05) is 55.3 Å². The SMILES string of the molecule is O=C(O)C(F)(F)F.O=C(O)C(F)(F)F.O=C(c1ccncc1)N1CCC2OCCCC2(COc2ccccn2)C1. The maximum atomic E-state index is 12.9. The number of carboxylic acid groups (broad SMARTS) is 2. The molecule has 0 aliphatic carbocycles. The predicted octanol–water partition coefficient (Wildman–Crippen LogP) is 3.83. The molecule has 2 atom stereocenters. The Kier molecular flexibility index (Phi) is 11.2. The molecule has 1 amide bonds. The lowest BCUT2D eigenvalue weighted by Crippen LogP contribution is -2.58. The van der Waals surface area contributed by atoms with Crippen LogP contribution in [-0.2, 0) is 14.3 Å². The average Bonchev–Trinajstić information content (AvgIpc) is 2.92. The lowest BCUT2D eigenvalue weighted by Gasteiger charge is -2.50. The highest BCUT2D eigenvalue weighted by molar-refractivity contribution is 5.94. The molecule has 0 bridgehead atoms. The van der Waals surface area contributed by atoms with Crippen LogP contribution in [0.15, 0.2) is 48.9 Å². The summed E-state index contributed by atoms with van der Waals surface area (Å²) in [6.07, 6.45) is -2.19. The smallest absolute Gasteiger partial charge is 0.477 e. The first kappa shape index (κ1) is 32.3. The summed E-state index contributed by atoms with van der Waals surface area (Å²) in [5, 5.41) is 14.2. The van der Waals surface area contributed by atoms with Gasteiger partial charge in [0.1, 0.15) is 0 Å². The first-order chi connectivity index (χ1) is 18.7. The number of piperidine rings is 1. The molecule has 2 aliphatic rings. The van der Waals surface area contributed by atoms with Gasteiger partial charge in [-0.05, 0) is 37.5 Å². The number of hydrogen-bond acceptors (Lipinski definition) is 7. The Bertz CT molecular complexity index is 1100. The Hall–Kier alpha value is -3.95. The molecule has 4 heterocycles. The van der Waals surface area contributed by atoms with Gasteiger partial charge in [-0.3, -0.25) is 9.78 Å². The van der Waals surface area contributed by atoms with Gasteiger partial charge in [-0.25, -0.2) is 14.6 Å². The quantitative estimate of drug-likeness (QED) is 0.516. The van der Waals surface area contributed by atoms with Crippen molar-refractivity contribution in [3.05, 3.63) is 54.5 Å². The Labute approximate surface area is 223 Å². The van der Waals surface area contributed by atoms with E-state index in [1.54, 1.807) is 30.7 Å². The molecule has 2 aromatic heterocycles. The highest BCUT2D eigenvalue weighted by Crippen LogP contribution is 2.41. The second-order valence-electron chi connectivity index (χ2n) is 8.64. The van der Waals surface area contributed by atoms with Gasteiger partial charge in [-0.1, -0.05) is 6.07 Å². The minimum atomic E-state index is -5.08. The maximum absolute atomic E-state index is 12.9. The normalized spacial score (nSPS) is 20.4. The Morgan fingerprint density at radius 2 is 1.60 bits per heavy atom. The highest BCUT2D eigenvalue weighted by Gasteiger charge is 2.48. The summed E-state index contributed by atoms with van der Waals surface area (Å²) in [5.74, 6) is -4.85. The van der Waals surface area contributed by atoms with Gasteiger partial charge in [0.15, 0.2) is 0 Å². The number of pyridine rings is 2. The summed E-state index contributed by atoms with van der Waals surface area (Å²) in [6, 6.07) is 9.17. The highest BCUT2D eigenvalue weighted by atomic mass is 19.4. The number of rotatable bonds is 4. The third kappa shape index (κ3) is 9.66. The minimum Gasteiger partial charge on any atom is -0.477 e. The number of hydrogen-bond donors (Lipinski definition) is 2. The number of aliphatic carboxylic acids is 2. The van der Waals surface area contributed by atoms with Gasteiger partial charge in [-0.2, -0.15) is 26.3 Å². The van der Waals surface area contributed by atoms with E-state index >= 15 is 0 Å². The number of likely N-dealkylation sites (tertiary alicyclic amines) is 1. The molecule has 2 saturated heterocycles. The third-order valence-corrected chi connectivity index (χ3v) is 5.83. The Balaban J connectivity index is 0.000000333. The van der Waals surface area contributed by atoms with Crippen molar-refractivity contribution in [2.45, 2.75) is 37.7 Å². The van der Waals surface area contributed by atoms with Crippen molar-refractivity contribution in [3.63, 3.8) is 0 Å². The number of carbonyl (C=O) groups is 3. The number of alkyl halides is 6. The van der Waals surface area contributed by atoms with Crippen molar-refractivity contribution in [1.29, 1.82) is 0 Å². The predicted molar refractivity (Wildman–Crippen MR) is 123 cm³/mol. The average molecular weight is 581 g/mol. The summed E-state index contributed by atoms with van der Waals surface area (Å²) in [6.45, 7) is 2.64. The van der Waals surface area contributed by atoms with E-state index in [-0.39, 0.29) is 17.4 Å². The number of aromatic nitrogens is 2. The fourth-order valence-electron chi connectivity index (χ4n) is 4.00. The summed E-state index contributed by atoms with van der Waals surface area (Å²) < 4.78 is 75.5. The molecule has 220 valence electrons. The zero-order valence-electron chi connectivity index (χ0n) is 20.7. The van der Waals surface area contributed by atoms with Crippen molar-refractivity contribution in [2.24, 2.45) is 5.41 Å². The van der Waals surface area contributed by atoms with Crippen LogP contribution in [-0.4, -0.2) is 87.7 Å². The van der Waals surface area contributed by atoms with Gasteiger partial charge >= 0.3 is 24.3 Å². The number of carbonyl (C=O) groups excluding carboxylic acids is 1. The molecule has 10 nitrogen and oxygen atoms in total. The minimum absolute atomic E-state index is 0.0497. The van der Waals surface area contributed by atoms with Crippen LogP contribution in [0.3, 0.4) is 0 Å². The molecule has 0 spiro atoms. The summed E-state index contributed by atoms with van der Waals surface area (Å²) in [5.41, 5.74) is 0.493. The second-order valence-corrected chi connectivity index (χ2v) is 8.64. The Morgan fingerprint density at radius 1 is 1.00 bits per heavy atom. The van der Waals surface area contributed by atoms with Crippen LogP contribution < -0.4 is 4.74 Å². The van der Waals surface area contributed by atoms with Crippen molar-refractivity contribution in [3.8, 4) is 5.88 Å². The van der Waals surface area contributed by atoms with Crippen LogP contribution >= 0.6 is 0 Å². The van der Waals surface area contributed by atoms with Crippen LogP contribution in [0.25, 0.3) is 0 Å². The van der Waals surface area contributed by atoms with Gasteiger partial charge in [0.2, 0.25) is 5.88 Å². The van der Waals surface area contributed by atoms with Crippen LogP contribution in [0.2, 0.25) is 0 Å². The number of ether oxygens (including phenoxy) is 2. The molecule has 40 heavy (non-hydrogen) atoms. The number of nitrogens with zero attached hydrogens (tertiary/aromatic N) is 3. The molecule has 2 fully saturated rings. The fraction of sp³-hybridized carbons (Fsp3) is 0.458. The van der Waals surface area contributed by atoms with E-state index in [9.17, 15) is 31.1 Å². The van der Waals surface area contributed by atoms with E-state index in [1.807, 2.05) is 23.1 Å². The lowest BCUT2D eigenvalue weighted by atomic mass is 9.73. The van der Waals surface area contributed by atoms with E-state index < -0.39 is 24.3 Å². The van der Waals surface area contributed by atoms with Crippen molar-refractivity contribution < 1.29 is 60.4 Å². The molecule has 2 aliphatic heterocycles. The number of fused-ring (bicyclic) bond motifs is 1. The molecule has 0 radical (unpaired) electrons. The first-order valence-corrected chi connectivity index (χ1v) is 11.6. The van der Waals surface area contributed by atoms with Gasteiger partial charge < -0.3 is 24.6 Å². The molecular formula is C24H25F6N3O7. The van der Waals surface area contributed by atoms with E-state index in [4.69, 9.17) is 29.3 Å². The molecule has 0 aromatic carbocycles. The zero-order valence-corrected chi connectivity index (χ0v) is 20.7. The Morgan fingerprint density at radius 3 is 2.12 bits per heavy atom. The second kappa shape index (κ2) is 13.9. The summed E-state index contributed by atoms with van der Waals surface area (Å²) in [4.78, 5) is 40.9. The third-order valence-electron chi connectivity index (χ3n) is 5.83. The largest absolute Gasteiger partial charge is 0.490 e. The van der Waals surface area contributed by atoms with Crippen LogP contribution in [0.1, 0.15) is 29.6 Å². The summed E-state index contributed by atoms with van der Waals surface area (Å²) in [7, 11) is 0. The molecule has 2 N–H and O–H groups in total. The van der Waals surface area contributed by atoms with Crippen molar-refractivity contribution in [1.82, 2.24) is 14.9 Å². The van der Waals surface area contributed by atoms with Crippen LogP contribution in [0.4, 0.5) is 26.3 Å². The van der Waals surface area contributed by atoms with Crippen molar-refractivity contribution >= 4 is 17.8 Å². The zero-order chi connectivity index (χ0) is 30.0. The number of amides is 1. The number of halogens is 6. The number of carboxylic acids is 2. The molecular weight excluding hydrogens is 556 g/mol. The molecule has 2 aromatic rings. The van der Waals surface area contributed by atoms with E-state index in [0.29, 0.717) is 31.1 Å². The molecule has 16 heteroatoms. The fourth-order valence-corrected chi connectivity index (χ4v) is 4.00. The molecule has 4 rings (SSSR count). The van der Waals surface area contributed by atoms with Gasteiger partial charge in [0.05, 0.1) is 12.7 Å².